The molecule has 0 aliphatic carbocycles. The molecule has 0 aliphatic rings. The average molecular weight is 753 g/mol. The second-order valence-electron chi connectivity index (χ2n) is 12.5. The van der Waals surface area contributed by atoms with Crippen molar-refractivity contribution in [2.24, 2.45) is 0 Å². The predicted molar refractivity (Wildman–Crippen MR) is 233 cm³/mol. The summed E-state index contributed by atoms with van der Waals surface area (Å²) in [5.41, 5.74) is -2.22. The van der Waals surface area contributed by atoms with Crippen LogP contribution in [-0.2, 0) is 0 Å². The van der Waals surface area contributed by atoms with E-state index in [1.54, 1.807) is 42.5 Å². The normalized spacial score (nSPS) is 16.3. The van der Waals surface area contributed by atoms with E-state index in [1.807, 2.05) is 30.3 Å². The fourth-order valence-corrected chi connectivity index (χ4v) is 7.56. The summed E-state index contributed by atoms with van der Waals surface area (Å²) in [5.74, 6) is 0.105. The summed E-state index contributed by atoms with van der Waals surface area (Å²) in [7, 11) is 0. The lowest BCUT2D eigenvalue weighted by atomic mass is 9.91. The van der Waals surface area contributed by atoms with Crippen molar-refractivity contribution < 1.29 is 30.5 Å². The van der Waals surface area contributed by atoms with E-state index in [1.165, 1.54) is 0 Å². The van der Waals surface area contributed by atoms with Crippen LogP contribution in [0.15, 0.2) is 192 Å². The molecular formula is C51H31N3OS. The summed E-state index contributed by atoms with van der Waals surface area (Å²) in [6.07, 6.45) is 0. The molecule has 0 amide bonds. The molecule has 0 bridgehead atoms. The molecule has 0 N–H and O–H groups in total. The Labute approximate surface area is 353 Å². The largest absolute Gasteiger partial charge is 0.456 e. The fraction of sp³-hybridized carbons (Fsp3) is 0. The number of para-hydroxylation sites is 1. The summed E-state index contributed by atoms with van der Waals surface area (Å²) in [5, 5.41) is 1.23. The number of hydrogen-bond acceptors (Lipinski definition) is 5. The summed E-state index contributed by atoms with van der Waals surface area (Å²) in [6, 6.07) is 6.47. The van der Waals surface area contributed by atoms with Crippen LogP contribution in [0.3, 0.4) is 0 Å². The van der Waals surface area contributed by atoms with Crippen LogP contribution in [0, 0.1) is 0 Å². The van der Waals surface area contributed by atoms with Gasteiger partial charge in [-0.1, -0.05) is 139 Å². The molecule has 0 radical (unpaired) electrons. The van der Waals surface area contributed by atoms with Crippen molar-refractivity contribution >= 4 is 53.4 Å². The molecule has 5 heteroatoms. The molecule has 3 aromatic heterocycles. The Morgan fingerprint density at radius 3 is 1.80 bits per heavy atom. The molecule has 0 aliphatic heterocycles. The van der Waals surface area contributed by atoms with Crippen molar-refractivity contribution in [3.8, 4) is 67.5 Å². The zero-order chi connectivity index (χ0) is 53.5. The van der Waals surface area contributed by atoms with Gasteiger partial charge in [0.25, 0.3) is 0 Å². The van der Waals surface area contributed by atoms with E-state index < -0.39 is 148 Å². The Hall–Kier alpha value is -7.21. The molecule has 0 saturated carbocycles. The third-order valence-corrected chi connectivity index (χ3v) is 10.1. The van der Waals surface area contributed by atoms with Gasteiger partial charge in [-0.05, 0) is 81.8 Å². The van der Waals surface area contributed by atoms with Crippen molar-refractivity contribution in [2.45, 2.75) is 0 Å². The Morgan fingerprint density at radius 1 is 0.411 bits per heavy atom. The van der Waals surface area contributed by atoms with E-state index in [0.29, 0.717) is 22.3 Å². The molecule has 8 aromatic carbocycles. The standard InChI is InChI=1S/C51H31N3OS/c1-4-13-32(14-5-1)37-27-38(33-15-6-2-7-16-33)29-39(28-37)40-20-12-22-46-48(40)43-26-24-36(31-47(43)56-46)51-53-49(34-17-8-3-9-18-34)52-50(54-51)35-23-25-42-41-19-10-11-21-44(41)55-45(42)30-35/h1-31H/i1D,2D,4D,5D,6D,7D,12D,13D,14D,15D,16D,20D,22D,24D,26D,27D,28D,29D,31D. The Balaban J connectivity index is 1.24. The summed E-state index contributed by atoms with van der Waals surface area (Å²) >= 11 is 0.734. The van der Waals surface area contributed by atoms with Crippen LogP contribution in [0.2, 0.25) is 0 Å². The van der Waals surface area contributed by atoms with E-state index in [4.69, 9.17) is 35.8 Å². The number of benzene rings is 8. The molecule has 0 fully saturated rings. The van der Waals surface area contributed by atoms with Crippen molar-refractivity contribution in [3.63, 3.8) is 0 Å². The summed E-state index contributed by atoms with van der Waals surface area (Å²) in [6.45, 7) is 0. The number of aromatic nitrogens is 3. The highest BCUT2D eigenvalue weighted by atomic mass is 32.1. The molecular weight excluding hydrogens is 703 g/mol. The number of thiophene rings is 1. The van der Waals surface area contributed by atoms with Crippen LogP contribution in [0.5, 0.6) is 0 Å². The highest BCUT2D eigenvalue weighted by Gasteiger charge is 2.18. The fourth-order valence-electron chi connectivity index (χ4n) is 6.54. The van der Waals surface area contributed by atoms with Gasteiger partial charge in [-0.15, -0.1) is 11.3 Å². The first-order valence-corrected chi connectivity index (χ1v) is 18.0. The molecule has 11 rings (SSSR count). The lowest BCUT2D eigenvalue weighted by Crippen LogP contribution is -2.00. The average Bonchev–Trinajstić information content (AvgIpc) is 4.03. The van der Waals surface area contributed by atoms with Gasteiger partial charge in [-0.25, -0.2) is 15.0 Å². The molecule has 0 spiro atoms. The number of fused-ring (bicyclic) bond motifs is 6. The van der Waals surface area contributed by atoms with Gasteiger partial charge in [0.15, 0.2) is 17.5 Å². The van der Waals surface area contributed by atoms with Crippen LogP contribution in [0.25, 0.3) is 110 Å². The van der Waals surface area contributed by atoms with Crippen molar-refractivity contribution in [1.29, 1.82) is 0 Å². The van der Waals surface area contributed by atoms with E-state index in [-0.39, 0.29) is 43.2 Å². The first-order valence-electron chi connectivity index (χ1n) is 26.6. The topological polar surface area (TPSA) is 51.8 Å². The molecule has 0 saturated heterocycles. The van der Waals surface area contributed by atoms with Crippen LogP contribution < -0.4 is 0 Å². The van der Waals surface area contributed by atoms with Gasteiger partial charge < -0.3 is 4.42 Å². The molecule has 262 valence electrons. The third kappa shape index (κ3) is 5.65. The highest BCUT2D eigenvalue weighted by Crippen LogP contribution is 2.43. The molecule has 56 heavy (non-hydrogen) atoms. The number of furan rings is 1. The zero-order valence-electron chi connectivity index (χ0n) is 47.6. The minimum atomic E-state index is -0.941. The van der Waals surface area contributed by atoms with Crippen molar-refractivity contribution in [2.75, 3.05) is 0 Å². The molecule has 4 nitrogen and oxygen atoms in total. The lowest BCUT2D eigenvalue weighted by Gasteiger charge is -2.12. The molecule has 3 heterocycles. The predicted octanol–water partition coefficient (Wildman–Crippen LogP) is 14.1. The Kier molecular flexibility index (Phi) is 4.36. The first-order chi connectivity index (χ1) is 35.7. The lowest BCUT2D eigenvalue weighted by molar-refractivity contribution is 0.669. The van der Waals surface area contributed by atoms with Gasteiger partial charge in [-0.2, -0.15) is 0 Å². The van der Waals surface area contributed by atoms with E-state index in [0.717, 1.165) is 22.1 Å². The van der Waals surface area contributed by atoms with Crippen LogP contribution in [0.1, 0.15) is 26.0 Å². The first kappa shape index (κ1) is 18.4. The summed E-state index contributed by atoms with van der Waals surface area (Å²) < 4.78 is 178. The smallest absolute Gasteiger partial charge is 0.164 e. The van der Waals surface area contributed by atoms with Crippen LogP contribution in [0.4, 0.5) is 0 Å². The summed E-state index contributed by atoms with van der Waals surface area (Å²) in [4.78, 5) is 14.3. The number of rotatable bonds is 6. The van der Waals surface area contributed by atoms with Gasteiger partial charge in [0.2, 0.25) is 0 Å². The number of nitrogens with zero attached hydrogens (tertiary/aromatic N) is 3. The highest BCUT2D eigenvalue weighted by molar-refractivity contribution is 7.26. The van der Waals surface area contributed by atoms with Gasteiger partial charge >= 0.3 is 0 Å². The van der Waals surface area contributed by atoms with E-state index in [9.17, 15) is 9.60 Å². The quantitative estimate of drug-likeness (QED) is 0.170. The van der Waals surface area contributed by atoms with Crippen molar-refractivity contribution in [1.82, 2.24) is 15.0 Å². The van der Waals surface area contributed by atoms with Gasteiger partial charge in [0.05, 0.1) is 26.0 Å². The Bertz CT molecular complexity index is 4220. The minimum Gasteiger partial charge on any atom is -0.456 e. The maximum atomic E-state index is 9.79. The molecule has 0 unspecified atom stereocenters. The van der Waals surface area contributed by atoms with E-state index >= 15 is 0 Å². The Morgan fingerprint density at radius 2 is 1.05 bits per heavy atom. The minimum absolute atomic E-state index is 0.0699. The van der Waals surface area contributed by atoms with Gasteiger partial charge in [-0.3, -0.25) is 0 Å². The van der Waals surface area contributed by atoms with Gasteiger partial charge in [0.1, 0.15) is 11.2 Å². The molecule has 11 aromatic rings. The third-order valence-electron chi connectivity index (χ3n) is 9.10. The molecule has 0 atom stereocenters. The second kappa shape index (κ2) is 13.3. The van der Waals surface area contributed by atoms with E-state index in [2.05, 4.69) is 0 Å². The van der Waals surface area contributed by atoms with Crippen LogP contribution >= 0.6 is 11.3 Å². The maximum absolute atomic E-state index is 9.79. The number of hydrogen-bond donors (Lipinski definition) is 0. The maximum Gasteiger partial charge on any atom is 0.164 e. The monoisotopic (exact) mass is 752 g/mol. The SMILES string of the molecule is [2H]c1c([2H])c([2H])c(-c2c([2H])c(-c3c([2H])c([2H])c([2H])c([2H])c3[2H])c([2H])c(-c3c([2H])c([2H])c([2H])c4sc5c([2H])c(-c6nc(-c7ccccc7)nc(-c7ccc8c(c7)oc7ccccc78)n6)c([2H])c([2H])c5c34)c2[2H])c([2H])c1[2H]. The zero-order valence-corrected chi connectivity index (χ0v) is 29.4. The van der Waals surface area contributed by atoms with Gasteiger partial charge in [0, 0.05) is 47.6 Å². The van der Waals surface area contributed by atoms with Crippen molar-refractivity contribution in [3.05, 3.63) is 188 Å². The van der Waals surface area contributed by atoms with Crippen LogP contribution in [-0.4, -0.2) is 15.0 Å². The second-order valence-corrected chi connectivity index (χ2v) is 13.5.